The minimum absolute atomic E-state index is 0.0675. The number of likely N-dealkylation sites (tertiary alicyclic amines) is 1. The molecule has 1 aromatic rings. The van der Waals surface area contributed by atoms with Crippen molar-refractivity contribution in [3.63, 3.8) is 0 Å². The summed E-state index contributed by atoms with van der Waals surface area (Å²) in [5, 5.41) is 5.70. The predicted molar refractivity (Wildman–Crippen MR) is 104 cm³/mol. The lowest BCUT2D eigenvalue weighted by molar-refractivity contribution is -0.121. The van der Waals surface area contributed by atoms with Crippen LogP contribution in [0.2, 0.25) is 0 Å². The molecule has 3 rings (SSSR count). The molecule has 2 N–H and O–H groups in total. The highest BCUT2D eigenvalue weighted by atomic mass is 16.2. The fourth-order valence-electron chi connectivity index (χ4n) is 4.36. The summed E-state index contributed by atoms with van der Waals surface area (Å²) in [4.78, 5) is 27.3. The lowest BCUT2D eigenvalue weighted by Crippen LogP contribution is -2.44. The maximum Gasteiger partial charge on any atom is 0.251 e. The van der Waals surface area contributed by atoms with E-state index in [4.69, 9.17) is 0 Å². The third-order valence-electron chi connectivity index (χ3n) is 6.05. The predicted octanol–water partition coefficient (Wildman–Crippen LogP) is 3.34. The number of nitrogens with zero attached hydrogens (tertiary/aromatic N) is 1. The van der Waals surface area contributed by atoms with E-state index in [9.17, 15) is 9.59 Å². The van der Waals surface area contributed by atoms with Crippen LogP contribution in [0, 0.1) is 12.8 Å². The molecule has 1 saturated heterocycles. The van der Waals surface area contributed by atoms with Crippen molar-refractivity contribution in [3.8, 4) is 0 Å². The lowest BCUT2D eigenvalue weighted by atomic mass is 9.89. The highest BCUT2D eigenvalue weighted by Crippen LogP contribution is 2.28. The van der Waals surface area contributed by atoms with Crippen LogP contribution in [0.5, 0.6) is 0 Å². The summed E-state index contributed by atoms with van der Waals surface area (Å²) in [7, 11) is 1.62. The first kappa shape index (κ1) is 18.9. The molecule has 0 bridgehead atoms. The normalized spacial score (nSPS) is 19.9. The molecule has 2 fully saturated rings. The van der Waals surface area contributed by atoms with Crippen molar-refractivity contribution in [3.05, 3.63) is 29.3 Å². The van der Waals surface area contributed by atoms with Gasteiger partial charge in [0.15, 0.2) is 0 Å². The topological polar surface area (TPSA) is 61.4 Å². The van der Waals surface area contributed by atoms with E-state index in [2.05, 4.69) is 15.5 Å². The number of nitrogens with one attached hydrogen (secondary N) is 2. The molecule has 0 spiro atoms. The average Bonchev–Trinajstić information content (AvgIpc) is 2.69. The van der Waals surface area contributed by atoms with Gasteiger partial charge in [-0.2, -0.15) is 0 Å². The van der Waals surface area contributed by atoms with Gasteiger partial charge >= 0.3 is 0 Å². The molecule has 1 saturated carbocycles. The van der Waals surface area contributed by atoms with Crippen molar-refractivity contribution in [1.29, 1.82) is 0 Å². The van der Waals surface area contributed by atoms with E-state index in [1.165, 1.54) is 32.1 Å². The zero-order chi connectivity index (χ0) is 18.5. The minimum Gasteiger partial charge on any atom is -0.355 e. The van der Waals surface area contributed by atoms with Crippen LogP contribution in [0.15, 0.2) is 18.2 Å². The van der Waals surface area contributed by atoms with Gasteiger partial charge in [-0.05, 0) is 63.4 Å². The first-order valence-electron chi connectivity index (χ1n) is 9.96. The minimum atomic E-state index is -0.126. The molecule has 0 atom stereocenters. The molecule has 2 aliphatic rings. The van der Waals surface area contributed by atoms with E-state index >= 15 is 0 Å². The van der Waals surface area contributed by atoms with Gasteiger partial charge in [0.1, 0.15) is 0 Å². The first-order valence-corrected chi connectivity index (χ1v) is 9.96. The van der Waals surface area contributed by atoms with Crippen LogP contribution in [0.25, 0.3) is 0 Å². The second-order valence-corrected chi connectivity index (χ2v) is 7.65. The summed E-state index contributed by atoms with van der Waals surface area (Å²) in [6.45, 7) is 3.94. The number of anilines is 1. The van der Waals surface area contributed by atoms with Crippen LogP contribution in [0.3, 0.4) is 0 Å². The Balaban J connectivity index is 1.57. The van der Waals surface area contributed by atoms with E-state index in [-0.39, 0.29) is 17.7 Å². The zero-order valence-corrected chi connectivity index (χ0v) is 16.0. The SMILES string of the molecule is CNC(=O)c1cccc(NC(=O)C2CCN(C3CCCCC3)CC2)c1C. The Bertz CT molecular complexity index is 645. The van der Waals surface area contributed by atoms with Gasteiger partial charge in [0.25, 0.3) is 5.91 Å². The van der Waals surface area contributed by atoms with E-state index in [1.54, 1.807) is 13.1 Å². The van der Waals surface area contributed by atoms with Crippen LogP contribution in [0.4, 0.5) is 5.69 Å². The van der Waals surface area contributed by atoms with Crippen LogP contribution >= 0.6 is 0 Å². The highest BCUT2D eigenvalue weighted by molar-refractivity contribution is 5.99. The Morgan fingerprint density at radius 3 is 2.38 bits per heavy atom. The summed E-state index contributed by atoms with van der Waals surface area (Å²) in [5.41, 5.74) is 2.17. The molecule has 1 heterocycles. The lowest BCUT2D eigenvalue weighted by Gasteiger charge is -2.39. The molecule has 0 unspecified atom stereocenters. The Morgan fingerprint density at radius 2 is 1.73 bits per heavy atom. The van der Waals surface area contributed by atoms with Crippen molar-refractivity contribution < 1.29 is 9.59 Å². The van der Waals surface area contributed by atoms with Gasteiger partial charge in [0, 0.05) is 30.3 Å². The molecule has 5 nitrogen and oxygen atoms in total. The Labute approximate surface area is 156 Å². The van der Waals surface area contributed by atoms with Gasteiger partial charge in [0.05, 0.1) is 0 Å². The Morgan fingerprint density at radius 1 is 1.04 bits per heavy atom. The Hall–Kier alpha value is -1.88. The molecule has 142 valence electrons. The first-order chi connectivity index (χ1) is 12.6. The summed E-state index contributed by atoms with van der Waals surface area (Å²) >= 11 is 0. The van der Waals surface area contributed by atoms with Crippen molar-refractivity contribution in [2.75, 3.05) is 25.5 Å². The number of amides is 2. The zero-order valence-electron chi connectivity index (χ0n) is 16.0. The standard InChI is InChI=1S/C21H31N3O2/c1-15-18(21(26)22-2)9-6-10-19(15)23-20(25)16-11-13-24(14-12-16)17-7-4-3-5-8-17/h6,9-10,16-17H,3-5,7-8,11-14H2,1-2H3,(H,22,26)(H,23,25). The monoisotopic (exact) mass is 357 g/mol. The molecular formula is C21H31N3O2. The van der Waals surface area contributed by atoms with E-state index in [0.29, 0.717) is 5.56 Å². The molecule has 0 radical (unpaired) electrons. The number of piperidine rings is 1. The van der Waals surface area contributed by atoms with Gasteiger partial charge in [-0.3, -0.25) is 9.59 Å². The van der Waals surface area contributed by atoms with Crippen LogP contribution < -0.4 is 10.6 Å². The number of rotatable bonds is 4. The maximum absolute atomic E-state index is 12.7. The molecule has 0 aromatic heterocycles. The van der Waals surface area contributed by atoms with Crippen molar-refractivity contribution in [1.82, 2.24) is 10.2 Å². The second kappa shape index (κ2) is 8.67. The second-order valence-electron chi connectivity index (χ2n) is 7.65. The van der Waals surface area contributed by atoms with Gasteiger partial charge < -0.3 is 15.5 Å². The molecule has 1 aromatic carbocycles. The van der Waals surface area contributed by atoms with Crippen molar-refractivity contribution in [2.24, 2.45) is 5.92 Å². The van der Waals surface area contributed by atoms with Gasteiger partial charge in [-0.1, -0.05) is 25.3 Å². The molecule has 26 heavy (non-hydrogen) atoms. The molecule has 1 aliphatic heterocycles. The largest absolute Gasteiger partial charge is 0.355 e. The molecule has 1 aliphatic carbocycles. The smallest absolute Gasteiger partial charge is 0.251 e. The van der Waals surface area contributed by atoms with Gasteiger partial charge in [-0.25, -0.2) is 0 Å². The van der Waals surface area contributed by atoms with Crippen LogP contribution in [0.1, 0.15) is 60.9 Å². The summed E-state index contributed by atoms with van der Waals surface area (Å²) in [6.07, 6.45) is 8.58. The summed E-state index contributed by atoms with van der Waals surface area (Å²) in [5.74, 6) is 0.0303. The summed E-state index contributed by atoms with van der Waals surface area (Å²) < 4.78 is 0. The number of carbonyl (C=O) groups excluding carboxylic acids is 2. The number of benzene rings is 1. The number of hydrogen-bond donors (Lipinski definition) is 2. The van der Waals surface area contributed by atoms with Crippen molar-refractivity contribution >= 4 is 17.5 Å². The van der Waals surface area contributed by atoms with Crippen molar-refractivity contribution in [2.45, 2.75) is 57.9 Å². The number of carbonyl (C=O) groups is 2. The third kappa shape index (κ3) is 4.26. The fourth-order valence-corrected chi connectivity index (χ4v) is 4.36. The fraction of sp³-hybridized carbons (Fsp3) is 0.619. The van der Waals surface area contributed by atoms with E-state index < -0.39 is 0 Å². The van der Waals surface area contributed by atoms with Crippen LogP contribution in [-0.2, 0) is 4.79 Å². The Kier molecular flexibility index (Phi) is 6.30. The van der Waals surface area contributed by atoms with E-state index in [1.807, 2.05) is 19.1 Å². The van der Waals surface area contributed by atoms with Gasteiger partial charge in [0.2, 0.25) is 5.91 Å². The van der Waals surface area contributed by atoms with E-state index in [0.717, 1.165) is 43.2 Å². The highest BCUT2D eigenvalue weighted by Gasteiger charge is 2.29. The summed E-state index contributed by atoms with van der Waals surface area (Å²) in [6, 6.07) is 6.21. The quantitative estimate of drug-likeness (QED) is 0.869. The number of hydrogen-bond acceptors (Lipinski definition) is 3. The molecular weight excluding hydrogens is 326 g/mol. The van der Waals surface area contributed by atoms with Gasteiger partial charge in [-0.15, -0.1) is 0 Å². The maximum atomic E-state index is 12.7. The molecule has 5 heteroatoms. The van der Waals surface area contributed by atoms with Crippen LogP contribution in [-0.4, -0.2) is 42.9 Å². The molecule has 2 amide bonds. The third-order valence-corrected chi connectivity index (χ3v) is 6.05. The average molecular weight is 357 g/mol.